The van der Waals surface area contributed by atoms with Crippen LogP contribution in [0.4, 0.5) is 10.8 Å². The predicted octanol–water partition coefficient (Wildman–Crippen LogP) is 6.57. The summed E-state index contributed by atoms with van der Waals surface area (Å²) in [5.74, 6) is -0.303. The standard InChI is InChI=1S/C34H29N5O4S2/c1-23-38-39-34(45-23)37-31(40)22-44-29-14-8-13-27(20-29)35-33(42)30(36-32(41)26-11-6-3-7-12-26)19-24-15-17-28(18-16-24)43-21-25-9-4-2-5-10-25/h2-20H,21-22H2,1H3,(H,35,42)(H,36,41)(H,37,39,40)/b30-19-. The van der Waals surface area contributed by atoms with Crippen molar-refractivity contribution in [3.8, 4) is 5.75 Å². The zero-order valence-electron chi connectivity index (χ0n) is 24.2. The van der Waals surface area contributed by atoms with Gasteiger partial charge >= 0.3 is 0 Å². The number of rotatable bonds is 12. The molecule has 0 aliphatic rings. The molecule has 0 fully saturated rings. The summed E-state index contributed by atoms with van der Waals surface area (Å²) < 4.78 is 5.88. The Kier molecular flexibility index (Phi) is 10.7. The van der Waals surface area contributed by atoms with Crippen molar-refractivity contribution >= 4 is 57.7 Å². The lowest BCUT2D eigenvalue weighted by Gasteiger charge is -2.12. The maximum absolute atomic E-state index is 13.5. The van der Waals surface area contributed by atoms with E-state index in [4.69, 9.17) is 4.74 Å². The molecule has 1 heterocycles. The zero-order chi connectivity index (χ0) is 31.4. The Hall–Kier alpha value is -5.26. The third-order valence-corrected chi connectivity index (χ3v) is 7.95. The molecule has 0 saturated heterocycles. The molecule has 4 aromatic carbocycles. The minimum absolute atomic E-state index is 0.0617. The first-order valence-corrected chi connectivity index (χ1v) is 15.7. The van der Waals surface area contributed by atoms with Crippen molar-refractivity contribution in [2.24, 2.45) is 0 Å². The minimum Gasteiger partial charge on any atom is -0.489 e. The molecule has 11 heteroatoms. The van der Waals surface area contributed by atoms with Crippen LogP contribution in [0.25, 0.3) is 6.08 Å². The number of nitrogens with zero attached hydrogens (tertiary/aromatic N) is 2. The SMILES string of the molecule is Cc1nnc(NC(=O)CSc2cccc(NC(=O)/C(=C/c3ccc(OCc4ccccc4)cc3)NC(=O)c3ccccc3)c2)s1. The molecule has 5 rings (SSSR count). The van der Waals surface area contributed by atoms with Crippen LogP contribution in [0.1, 0.15) is 26.5 Å². The molecule has 0 atom stereocenters. The number of benzene rings is 4. The summed E-state index contributed by atoms with van der Waals surface area (Å²) in [6.45, 7) is 2.25. The van der Waals surface area contributed by atoms with Crippen LogP contribution < -0.4 is 20.7 Å². The van der Waals surface area contributed by atoms with Gasteiger partial charge < -0.3 is 15.4 Å². The van der Waals surface area contributed by atoms with Gasteiger partial charge in [0.2, 0.25) is 11.0 Å². The van der Waals surface area contributed by atoms with Gasteiger partial charge in [0.15, 0.2) is 0 Å². The van der Waals surface area contributed by atoms with Crippen molar-refractivity contribution < 1.29 is 19.1 Å². The summed E-state index contributed by atoms with van der Waals surface area (Å²) in [5.41, 5.74) is 2.74. The van der Waals surface area contributed by atoms with Gasteiger partial charge in [0.25, 0.3) is 11.8 Å². The summed E-state index contributed by atoms with van der Waals surface area (Å²) in [6, 6.07) is 32.9. The van der Waals surface area contributed by atoms with E-state index in [0.29, 0.717) is 34.3 Å². The molecule has 0 bridgehead atoms. The van der Waals surface area contributed by atoms with Crippen LogP contribution in [0, 0.1) is 6.92 Å². The molecule has 0 aliphatic heterocycles. The largest absolute Gasteiger partial charge is 0.489 e. The van der Waals surface area contributed by atoms with Gasteiger partial charge in [0.05, 0.1) is 5.75 Å². The minimum atomic E-state index is -0.504. The van der Waals surface area contributed by atoms with E-state index in [1.807, 2.05) is 73.7 Å². The van der Waals surface area contributed by atoms with E-state index in [9.17, 15) is 14.4 Å². The number of carbonyl (C=O) groups excluding carboxylic acids is 3. The molecule has 0 unspecified atom stereocenters. The smallest absolute Gasteiger partial charge is 0.272 e. The van der Waals surface area contributed by atoms with E-state index < -0.39 is 11.8 Å². The van der Waals surface area contributed by atoms with Crippen molar-refractivity contribution in [1.29, 1.82) is 0 Å². The van der Waals surface area contributed by atoms with Gasteiger partial charge in [-0.3, -0.25) is 19.7 Å². The summed E-state index contributed by atoms with van der Waals surface area (Å²) >= 11 is 2.62. The Morgan fingerprint density at radius 2 is 1.58 bits per heavy atom. The number of hydrogen-bond acceptors (Lipinski definition) is 8. The number of nitrogens with one attached hydrogen (secondary N) is 3. The third-order valence-electron chi connectivity index (χ3n) is 6.20. The quantitative estimate of drug-likeness (QED) is 0.105. The van der Waals surface area contributed by atoms with E-state index in [-0.39, 0.29) is 17.4 Å². The topological polar surface area (TPSA) is 122 Å². The number of aryl methyl sites for hydroxylation is 1. The van der Waals surface area contributed by atoms with Crippen LogP contribution >= 0.6 is 23.1 Å². The second-order valence-corrected chi connectivity index (χ2v) is 11.9. The number of aromatic nitrogens is 2. The van der Waals surface area contributed by atoms with Crippen molar-refractivity contribution in [2.75, 3.05) is 16.4 Å². The average molecular weight is 636 g/mol. The van der Waals surface area contributed by atoms with Gasteiger partial charge in [-0.2, -0.15) is 0 Å². The van der Waals surface area contributed by atoms with E-state index in [1.54, 1.807) is 48.5 Å². The lowest BCUT2D eigenvalue weighted by Crippen LogP contribution is -2.30. The number of amides is 3. The molecular formula is C34H29N5O4S2. The number of anilines is 2. The molecule has 5 aromatic rings. The molecule has 3 N–H and O–H groups in total. The van der Waals surface area contributed by atoms with E-state index >= 15 is 0 Å². The first kappa shape index (κ1) is 31.2. The monoisotopic (exact) mass is 635 g/mol. The molecule has 0 saturated carbocycles. The Balaban J connectivity index is 1.27. The number of ether oxygens (including phenoxy) is 1. The Morgan fingerprint density at radius 1 is 0.844 bits per heavy atom. The fourth-order valence-electron chi connectivity index (χ4n) is 4.02. The molecule has 45 heavy (non-hydrogen) atoms. The van der Waals surface area contributed by atoms with Gasteiger partial charge in [0, 0.05) is 16.1 Å². The van der Waals surface area contributed by atoms with Crippen molar-refractivity contribution in [1.82, 2.24) is 15.5 Å². The van der Waals surface area contributed by atoms with Crippen LogP contribution in [-0.2, 0) is 16.2 Å². The van der Waals surface area contributed by atoms with E-state index in [1.165, 1.54) is 23.1 Å². The highest BCUT2D eigenvalue weighted by molar-refractivity contribution is 8.00. The number of thioether (sulfide) groups is 1. The lowest BCUT2D eigenvalue weighted by molar-refractivity contribution is -0.114. The van der Waals surface area contributed by atoms with Gasteiger partial charge in [-0.1, -0.05) is 78.1 Å². The molecule has 0 spiro atoms. The van der Waals surface area contributed by atoms with E-state index in [0.717, 1.165) is 15.5 Å². The highest BCUT2D eigenvalue weighted by Gasteiger charge is 2.16. The first-order valence-electron chi connectivity index (χ1n) is 13.9. The van der Waals surface area contributed by atoms with Gasteiger partial charge in [-0.15, -0.1) is 22.0 Å². The molecule has 1 aromatic heterocycles. The molecule has 0 radical (unpaired) electrons. The molecule has 226 valence electrons. The van der Waals surface area contributed by atoms with Crippen molar-refractivity contribution in [2.45, 2.75) is 18.4 Å². The normalized spacial score (nSPS) is 11.0. The number of carbonyl (C=O) groups is 3. The highest BCUT2D eigenvalue weighted by atomic mass is 32.2. The highest BCUT2D eigenvalue weighted by Crippen LogP contribution is 2.23. The zero-order valence-corrected chi connectivity index (χ0v) is 25.9. The van der Waals surface area contributed by atoms with Crippen LogP contribution in [0.15, 0.2) is 120 Å². The molecule has 9 nitrogen and oxygen atoms in total. The second-order valence-electron chi connectivity index (χ2n) is 9.67. The van der Waals surface area contributed by atoms with Crippen molar-refractivity contribution in [3.05, 3.63) is 137 Å². The molecule has 0 aliphatic carbocycles. The van der Waals surface area contributed by atoms with Crippen LogP contribution in [0.2, 0.25) is 0 Å². The summed E-state index contributed by atoms with van der Waals surface area (Å²) in [4.78, 5) is 39.6. The Morgan fingerprint density at radius 3 is 2.29 bits per heavy atom. The maximum Gasteiger partial charge on any atom is 0.272 e. The second kappa shape index (κ2) is 15.5. The summed E-state index contributed by atoms with van der Waals surface area (Å²) in [6.07, 6.45) is 1.61. The van der Waals surface area contributed by atoms with Crippen LogP contribution in [-0.4, -0.2) is 33.7 Å². The van der Waals surface area contributed by atoms with Gasteiger partial charge in [-0.25, -0.2) is 0 Å². The molecular weight excluding hydrogens is 607 g/mol. The summed E-state index contributed by atoms with van der Waals surface area (Å²) in [5, 5.41) is 17.4. The Labute approximate surface area is 268 Å². The average Bonchev–Trinajstić information content (AvgIpc) is 3.48. The van der Waals surface area contributed by atoms with Crippen LogP contribution in [0.3, 0.4) is 0 Å². The van der Waals surface area contributed by atoms with E-state index in [2.05, 4.69) is 26.1 Å². The summed E-state index contributed by atoms with van der Waals surface area (Å²) in [7, 11) is 0. The van der Waals surface area contributed by atoms with Crippen LogP contribution in [0.5, 0.6) is 5.75 Å². The third kappa shape index (κ3) is 9.62. The Bertz CT molecular complexity index is 1790. The fraction of sp³-hybridized carbons (Fsp3) is 0.0882. The molecule has 3 amide bonds. The fourth-order valence-corrected chi connectivity index (χ4v) is 5.39. The van der Waals surface area contributed by atoms with Crippen molar-refractivity contribution in [3.63, 3.8) is 0 Å². The van der Waals surface area contributed by atoms with Gasteiger partial charge in [-0.05, 0) is 66.6 Å². The maximum atomic E-state index is 13.5. The number of hydrogen-bond donors (Lipinski definition) is 3. The van der Waals surface area contributed by atoms with Gasteiger partial charge in [0.1, 0.15) is 23.1 Å². The predicted molar refractivity (Wildman–Crippen MR) is 178 cm³/mol. The first-order chi connectivity index (χ1) is 21.9. The lowest BCUT2D eigenvalue weighted by atomic mass is 10.1.